The van der Waals surface area contributed by atoms with Crippen LogP contribution in [0.3, 0.4) is 0 Å². The van der Waals surface area contributed by atoms with Crippen molar-refractivity contribution in [2.24, 2.45) is 0 Å². The van der Waals surface area contributed by atoms with Gasteiger partial charge in [0.2, 0.25) is 0 Å². The number of hydrogen-bond acceptors (Lipinski definition) is 7. The molecule has 0 aliphatic heterocycles. The lowest BCUT2D eigenvalue weighted by atomic mass is 10.1. The predicted molar refractivity (Wildman–Crippen MR) is 144 cm³/mol. The Bertz CT molecular complexity index is 1360. The van der Waals surface area contributed by atoms with Crippen LogP contribution in [0.25, 0.3) is 11.3 Å². The molecule has 0 bridgehead atoms. The number of carbonyl (C=O) groups excluding carboxylic acids is 2. The molecule has 9 heteroatoms. The first-order chi connectivity index (χ1) is 18.0. The van der Waals surface area contributed by atoms with Crippen molar-refractivity contribution in [1.82, 2.24) is 4.98 Å². The van der Waals surface area contributed by atoms with E-state index in [1.807, 2.05) is 47.8 Å². The van der Waals surface area contributed by atoms with Crippen LogP contribution in [0.2, 0.25) is 5.02 Å². The number of esters is 1. The van der Waals surface area contributed by atoms with Crippen molar-refractivity contribution in [2.45, 2.75) is 13.0 Å². The number of carbonyl (C=O) groups is 2. The van der Waals surface area contributed by atoms with Crippen molar-refractivity contribution < 1.29 is 23.8 Å². The van der Waals surface area contributed by atoms with Gasteiger partial charge in [-0.15, -0.1) is 11.3 Å². The van der Waals surface area contributed by atoms with E-state index in [0.29, 0.717) is 33.8 Å². The number of rotatable bonds is 10. The number of methoxy groups -OCH3 is 2. The minimum atomic E-state index is -0.527. The van der Waals surface area contributed by atoms with Crippen molar-refractivity contribution in [3.05, 3.63) is 94.3 Å². The third kappa shape index (κ3) is 6.87. The van der Waals surface area contributed by atoms with E-state index in [9.17, 15) is 9.59 Å². The molecular weight excluding hydrogens is 512 g/mol. The highest BCUT2D eigenvalue weighted by molar-refractivity contribution is 7.14. The number of anilines is 1. The molecule has 4 aromatic rings. The summed E-state index contributed by atoms with van der Waals surface area (Å²) in [6.45, 7) is -0.116. The summed E-state index contributed by atoms with van der Waals surface area (Å²) >= 11 is 7.35. The molecule has 1 aromatic heterocycles. The summed E-state index contributed by atoms with van der Waals surface area (Å²) in [7, 11) is 3.07. The van der Waals surface area contributed by atoms with Crippen LogP contribution in [0, 0.1) is 0 Å². The van der Waals surface area contributed by atoms with Crippen LogP contribution in [0.15, 0.2) is 78.2 Å². The summed E-state index contributed by atoms with van der Waals surface area (Å²) in [6.07, 6.45) is -0.00964. The minimum absolute atomic E-state index is 0.00964. The van der Waals surface area contributed by atoms with Gasteiger partial charge in [0, 0.05) is 16.0 Å². The largest absolute Gasteiger partial charge is 0.493 e. The Morgan fingerprint density at radius 1 is 0.919 bits per heavy atom. The second-order valence-corrected chi connectivity index (χ2v) is 9.29. The lowest BCUT2D eigenvalue weighted by Crippen LogP contribution is -2.34. The van der Waals surface area contributed by atoms with E-state index in [-0.39, 0.29) is 12.3 Å². The van der Waals surface area contributed by atoms with Crippen LogP contribution >= 0.6 is 22.9 Å². The molecule has 37 heavy (non-hydrogen) atoms. The van der Waals surface area contributed by atoms with Crippen LogP contribution < -0.4 is 14.4 Å². The first kappa shape index (κ1) is 26.2. The molecule has 190 valence electrons. The lowest BCUT2D eigenvalue weighted by molar-refractivity contribution is -0.147. The van der Waals surface area contributed by atoms with Gasteiger partial charge in [0.15, 0.2) is 23.2 Å². The summed E-state index contributed by atoms with van der Waals surface area (Å²) in [6, 6.07) is 22.1. The topological polar surface area (TPSA) is 78.0 Å². The van der Waals surface area contributed by atoms with Crippen molar-refractivity contribution in [1.29, 1.82) is 0 Å². The van der Waals surface area contributed by atoms with Crippen LogP contribution in [0.4, 0.5) is 5.13 Å². The smallest absolute Gasteiger partial charge is 0.310 e. The van der Waals surface area contributed by atoms with E-state index >= 15 is 0 Å². The Kier molecular flexibility index (Phi) is 8.77. The molecule has 4 rings (SSSR count). The Balaban J connectivity index is 1.47. The standard InChI is InChI=1S/C28H25ClN2O5S/c1-34-24-13-8-20(14-25(24)35-2)15-27(33)36-17-26(32)31(16-19-6-4-3-5-7-19)28-30-23(18-37-28)21-9-11-22(29)12-10-21/h3-14,18H,15-17H2,1-2H3. The van der Waals surface area contributed by atoms with Crippen molar-refractivity contribution >= 4 is 39.9 Å². The van der Waals surface area contributed by atoms with Gasteiger partial charge < -0.3 is 14.2 Å². The Labute approximate surface area is 224 Å². The maximum Gasteiger partial charge on any atom is 0.310 e. The highest BCUT2D eigenvalue weighted by atomic mass is 35.5. The third-order valence-corrected chi connectivity index (χ3v) is 6.62. The second-order valence-electron chi connectivity index (χ2n) is 8.01. The number of benzene rings is 3. The zero-order valence-electron chi connectivity index (χ0n) is 20.3. The molecular formula is C28H25ClN2O5S. The maximum atomic E-state index is 13.2. The number of aromatic nitrogens is 1. The molecule has 0 radical (unpaired) electrons. The van der Waals surface area contributed by atoms with Gasteiger partial charge in [-0.1, -0.05) is 60.1 Å². The highest BCUT2D eigenvalue weighted by Crippen LogP contribution is 2.30. The summed E-state index contributed by atoms with van der Waals surface area (Å²) < 4.78 is 15.9. The lowest BCUT2D eigenvalue weighted by Gasteiger charge is -2.20. The monoisotopic (exact) mass is 536 g/mol. The maximum absolute atomic E-state index is 13.2. The van der Waals surface area contributed by atoms with E-state index < -0.39 is 12.6 Å². The van der Waals surface area contributed by atoms with Crippen molar-refractivity contribution in [3.63, 3.8) is 0 Å². The number of halogens is 1. The SMILES string of the molecule is COc1ccc(CC(=O)OCC(=O)N(Cc2ccccc2)c2nc(-c3ccc(Cl)cc3)cs2)cc1OC. The minimum Gasteiger partial charge on any atom is -0.493 e. The van der Waals surface area contributed by atoms with Gasteiger partial charge in [-0.05, 0) is 35.4 Å². The van der Waals surface area contributed by atoms with Gasteiger partial charge in [-0.25, -0.2) is 4.98 Å². The summed E-state index contributed by atoms with van der Waals surface area (Å²) in [4.78, 5) is 32.0. The van der Waals surface area contributed by atoms with E-state index in [4.69, 9.17) is 25.8 Å². The molecule has 0 saturated carbocycles. The number of amides is 1. The molecule has 0 spiro atoms. The van der Waals surface area contributed by atoms with E-state index in [0.717, 1.165) is 16.8 Å². The van der Waals surface area contributed by atoms with Gasteiger partial charge in [-0.3, -0.25) is 14.5 Å². The third-order valence-electron chi connectivity index (χ3n) is 5.50. The molecule has 0 atom stereocenters. The first-order valence-electron chi connectivity index (χ1n) is 11.4. The Hall–Kier alpha value is -3.88. The van der Waals surface area contributed by atoms with E-state index in [1.165, 1.54) is 23.3 Å². The van der Waals surface area contributed by atoms with Crippen LogP contribution in [0.1, 0.15) is 11.1 Å². The Morgan fingerprint density at radius 3 is 2.35 bits per heavy atom. The van der Waals surface area contributed by atoms with E-state index in [2.05, 4.69) is 4.98 Å². The molecule has 0 N–H and O–H groups in total. The normalized spacial score (nSPS) is 10.6. The summed E-state index contributed by atoms with van der Waals surface area (Å²) in [5.74, 6) is 0.175. The summed E-state index contributed by atoms with van der Waals surface area (Å²) in [5.41, 5.74) is 3.23. The zero-order valence-corrected chi connectivity index (χ0v) is 21.9. The van der Waals surface area contributed by atoms with E-state index in [1.54, 1.807) is 37.4 Å². The van der Waals surface area contributed by atoms with Crippen LogP contribution in [0.5, 0.6) is 11.5 Å². The van der Waals surface area contributed by atoms with Gasteiger partial charge in [-0.2, -0.15) is 0 Å². The molecule has 0 aliphatic rings. The van der Waals surface area contributed by atoms with Crippen LogP contribution in [-0.4, -0.2) is 37.7 Å². The fourth-order valence-electron chi connectivity index (χ4n) is 3.60. The molecule has 0 aliphatic carbocycles. The highest BCUT2D eigenvalue weighted by Gasteiger charge is 2.22. The first-order valence-corrected chi connectivity index (χ1v) is 12.6. The summed E-state index contributed by atoms with van der Waals surface area (Å²) in [5, 5.41) is 3.03. The number of nitrogens with zero attached hydrogens (tertiary/aromatic N) is 2. The van der Waals surface area contributed by atoms with Gasteiger partial charge >= 0.3 is 5.97 Å². The number of hydrogen-bond donors (Lipinski definition) is 0. The molecule has 0 fully saturated rings. The van der Waals surface area contributed by atoms with Crippen LogP contribution in [-0.2, 0) is 27.3 Å². The predicted octanol–water partition coefficient (Wildman–Crippen LogP) is 5.80. The number of ether oxygens (including phenoxy) is 3. The molecule has 0 unspecified atom stereocenters. The fourth-order valence-corrected chi connectivity index (χ4v) is 4.57. The van der Waals surface area contributed by atoms with Gasteiger partial charge in [0.1, 0.15) is 0 Å². The molecule has 1 amide bonds. The average molecular weight is 537 g/mol. The molecule has 1 heterocycles. The fraction of sp³-hybridized carbons (Fsp3) is 0.179. The van der Waals surface area contributed by atoms with Crippen molar-refractivity contribution in [3.8, 4) is 22.8 Å². The van der Waals surface area contributed by atoms with Gasteiger partial charge in [0.25, 0.3) is 5.91 Å². The van der Waals surface area contributed by atoms with Crippen molar-refractivity contribution in [2.75, 3.05) is 25.7 Å². The number of thiazole rings is 1. The average Bonchev–Trinajstić information content (AvgIpc) is 3.41. The Morgan fingerprint density at radius 2 is 1.65 bits per heavy atom. The molecule has 3 aromatic carbocycles. The molecule has 7 nitrogen and oxygen atoms in total. The van der Waals surface area contributed by atoms with Gasteiger partial charge in [0.05, 0.1) is 32.9 Å². The second kappa shape index (κ2) is 12.4. The zero-order chi connectivity index (χ0) is 26.2. The quantitative estimate of drug-likeness (QED) is 0.238. The molecule has 0 saturated heterocycles.